The number of nitrogens with zero attached hydrogens (tertiary/aromatic N) is 1. The number of halogens is 1. The van der Waals surface area contributed by atoms with Crippen LogP contribution in [0.1, 0.15) is 33.6 Å². The Labute approximate surface area is 137 Å². The highest BCUT2D eigenvalue weighted by Crippen LogP contribution is 2.20. The molecule has 0 spiro atoms. The summed E-state index contributed by atoms with van der Waals surface area (Å²) in [5, 5.41) is 3.67. The molecule has 0 amide bonds. The number of piperazine rings is 1. The zero-order valence-corrected chi connectivity index (χ0v) is 14.9. The molecule has 0 bridgehead atoms. The van der Waals surface area contributed by atoms with Crippen LogP contribution in [0.3, 0.4) is 0 Å². The highest BCUT2D eigenvalue weighted by Gasteiger charge is 2.33. The molecule has 1 heterocycles. The van der Waals surface area contributed by atoms with Gasteiger partial charge in [-0.3, -0.25) is 4.90 Å². The topological polar surface area (TPSA) is 24.5 Å². The second-order valence-electron chi connectivity index (χ2n) is 6.43. The Balaban J connectivity index is 1.83. The van der Waals surface area contributed by atoms with E-state index < -0.39 is 0 Å². The van der Waals surface area contributed by atoms with Crippen LogP contribution >= 0.6 is 15.9 Å². The van der Waals surface area contributed by atoms with Gasteiger partial charge in [-0.15, -0.1) is 0 Å². The largest absolute Gasteiger partial charge is 0.492 e. The first kappa shape index (κ1) is 16.8. The van der Waals surface area contributed by atoms with Gasteiger partial charge in [0, 0.05) is 35.7 Å². The van der Waals surface area contributed by atoms with E-state index in [0.717, 1.165) is 36.5 Å². The van der Waals surface area contributed by atoms with Crippen molar-refractivity contribution in [3.05, 3.63) is 28.7 Å². The third-order valence-electron chi connectivity index (χ3n) is 4.20. The first-order chi connectivity index (χ1) is 10.0. The predicted molar refractivity (Wildman–Crippen MR) is 92.0 cm³/mol. The maximum Gasteiger partial charge on any atom is 0.119 e. The molecule has 1 aromatic rings. The Bertz CT molecular complexity index is 433. The van der Waals surface area contributed by atoms with Gasteiger partial charge in [0.05, 0.1) is 0 Å². The molecule has 1 aromatic carbocycles. The summed E-state index contributed by atoms with van der Waals surface area (Å²) in [7, 11) is 0. The van der Waals surface area contributed by atoms with Crippen molar-refractivity contribution in [2.45, 2.75) is 45.2 Å². The number of ether oxygens (including phenoxy) is 1. The van der Waals surface area contributed by atoms with Crippen LogP contribution in [0.5, 0.6) is 5.75 Å². The van der Waals surface area contributed by atoms with E-state index >= 15 is 0 Å². The van der Waals surface area contributed by atoms with Crippen LogP contribution in [0.4, 0.5) is 0 Å². The van der Waals surface area contributed by atoms with Crippen LogP contribution in [-0.2, 0) is 0 Å². The lowest BCUT2D eigenvalue weighted by Crippen LogP contribution is -2.62. The second kappa shape index (κ2) is 7.61. The second-order valence-corrected chi connectivity index (χ2v) is 7.34. The number of rotatable bonds is 6. The molecule has 1 unspecified atom stereocenters. The van der Waals surface area contributed by atoms with E-state index in [9.17, 15) is 0 Å². The third-order valence-corrected chi connectivity index (χ3v) is 4.73. The first-order valence-electron chi connectivity index (χ1n) is 7.88. The molecule has 2 rings (SSSR count). The van der Waals surface area contributed by atoms with Crippen LogP contribution in [0.25, 0.3) is 0 Å². The van der Waals surface area contributed by atoms with E-state index in [1.165, 1.54) is 12.8 Å². The Hall–Kier alpha value is -0.580. The van der Waals surface area contributed by atoms with E-state index in [1.807, 2.05) is 24.3 Å². The lowest BCUT2D eigenvalue weighted by molar-refractivity contribution is 0.0509. The molecule has 1 fully saturated rings. The van der Waals surface area contributed by atoms with Crippen molar-refractivity contribution in [2.24, 2.45) is 0 Å². The zero-order valence-electron chi connectivity index (χ0n) is 13.4. The Morgan fingerprint density at radius 2 is 2.05 bits per heavy atom. The van der Waals surface area contributed by atoms with E-state index in [2.05, 4.69) is 46.9 Å². The Kier molecular flexibility index (Phi) is 6.08. The van der Waals surface area contributed by atoms with E-state index in [4.69, 9.17) is 4.74 Å². The SMILES string of the molecule is CCCC1CN(CCOc2ccc(Br)cc2)C(C)(C)CN1. The summed E-state index contributed by atoms with van der Waals surface area (Å²) < 4.78 is 6.95. The van der Waals surface area contributed by atoms with Crippen molar-refractivity contribution in [3.8, 4) is 5.75 Å². The molecule has 0 aliphatic carbocycles. The van der Waals surface area contributed by atoms with Gasteiger partial charge in [-0.05, 0) is 44.5 Å². The van der Waals surface area contributed by atoms with Crippen molar-refractivity contribution < 1.29 is 4.74 Å². The molecular formula is C17H27BrN2O. The molecule has 21 heavy (non-hydrogen) atoms. The van der Waals surface area contributed by atoms with Crippen LogP contribution in [0.2, 0.25) is 0 Å². The van der Waals surface area contributed by atoms with E-state index in [1.54, 1.807) is 0 Å². The number of hydrogen-bond donors (Lipinski definition) is 1. The number of benzene rings is 1. The average Bonchev–Trinajstić information content (AvgIpc) is 2.45. The van der Waals surface area contributed by atoms with Gasteiger partial charge in [0.2, 0.25) is 0 Å². The van der Waals surface area contributed by atoms with Gasteiger partial charge >= 0.3 is 0 Å². The molecule has 0 saturated carbocycles. The minimum absolute atomic E-state index is 0.202. The molecule has 3 nitrogen and oxygen atoms in total. The van der Waals surface area contributed by atoms with Crippen LogP contribution in [-0.4, -0.2) is 42.7 Å². The molecular weight excluding hydrogens is 328 g/mol. The quantitative estimate of drug-likeness (QED) is 0.843. The maximum atomic E-state index is 5.87. The van der Waals surface area contributed by atoms with Gasteiger partial charge in [0.15, 0.2) is 0 Å². The van der Waals surface area contributed by atoms with Gasteiger partial charge in [-0.2, -0.15) is 0 Å². The number of nitrogens with one attached hydrogen (secondary N) is 1. The van der Waals surface area contributed by atoms with E-state index in [-0.39, 0.29) is 5.54 Å². The van der Waals surface area contributed by atoms with Gasteiger partial charge in [-0.1, -0.05) is 29.3 Å². The molecule has 1 aliphatic heterocycles. The molecule has 1 atom stereocenters. The summed E-state index contributed by atoms with van der Waals surface area (Å²) in [4.78, 5) is 2.56. The average molecular weight is 355 g/mol. The third kappa shape index (κ3) is 4.97. The molecule has 118 valence electrons. The van der Waals surface area contributed by atoms with Crippen LogP contribution in [0, 0.1) is 0 Å². The zero-order chi connectivity index (χ0) is 15.3. The summed E-state index contributed by atoms with van der Waals surface area (Å²) in [6.45, 7) is 10.8. The Morgan fingerprint density at radius 3 is 2.71 bits per heavy atom. The van der Waals surface area contributed by atoms with Crippen LogP contribution in [0.15, 0.2) is 28.7 Å². The minimum Gasteiger partial charge on any atom is -0.492 e. The monoisotopic (exact) mass is 354 g/mol. The van der Waals surface area contributed by atoms with Crippen molar-refractivity contribution >= 4 is 15.9 Å². The number of hydrogen-bond acceptors (Lipinski definition) is 3. The summed E-state index contributed by atoms with van der Waals surface area (Å²) in [6, 6.07) is 8.67. The maximum absolute atomic E-state index is 5.87. The molecule has 4 heteroatoms. The molecule has 0 radical (unpaired) electrons. The normalized spacial score (nSPS) is 22.2. The van der Waals surface area contributed by atoms with Gasteiger partial charge in [0.25, 0.3) is 0 Å². The van der Waals surface area contributed by atoms with Crippen molar-refractivity contribution in [1.29, 1.82) is 0 Å². The summed E-state index contributed by atoms with van der Waals surface area (Å²) in [5.74, 6) is 0.941. The lowest BCUT2D eigenvalue weighted by atomic mass is 9.96. The predicted octanol–water partition coefficient (Wildman–Crippen LogP) is 3.68. The van der Waals surface area contributed by atoms with Gasteiger partial charge < -0.3 is 10.1 Å². The first-order valence-corrected chi connectivity index (χ1v) is 8.67. The summed E-state index contributed by atoms with van der Waals surface area (Å²) in [5.41, 5.74) is 0.202. The van der Waals surface area contributed by atoms with Crippen molar-refractivity contribution in [3.63, 3.8) is 0 Å². The van der Waals surface area contributed by atoms with Gasteiger partial charge in [-0.25, -0.2) is 0 Å². The smallest absolute Gasteiger partial charge is 0.119 e. The fourth-order valence-corrected chi connectivity index (χ4v) is 3.09. The highest BCUT2D eigenvalue weighted by atomic mass is 79.9. The molecule has 0 aromatic heterocycles. The lowest BCUT2D eigenvalue weighted by Gasteiger charge is -2.46. The Morgan fingerprint density at radius 1 is 1.33 bits per heavy atom. The highest BCUT2D eigenvalue weighted by molar-refractivity contribution is 9.10. The summed E-state index contributed by atoms with van der Waals surface area (Å²) >= 11 is 3.44. The molecule has 1 aliphatic rings. The fourth-order valence-electron chi connectivity index (χ4n) is 2.82. The van der Waals surface area contributed by atoms with Crippen molar-refractivity contribution in [1.82, 2.24) is 10.2 Å². The summed E-state index contributed by atoms with van der Waals surface area (Å²) in [6.07, 6.45) is 2.49. The molecule has 1 saturated heterocycles. The molecule has 1 N–H and O–H groups in total. The minimum atomic E-state index is 0.202. The van der Waals surface area contributed by atoms with Crippen LogP contribution < -0.4 is 10.1 Å². The van der Waals surface area contributed by atoms with Crippen molar-refractivity contribution in [2.75, 3.05) is 26.2 Å². The standard InChI is InChI=1S/C17H27BrN2O/c1-4-5-15-12-20(17(2,3)13-19-15)10-11-21-16-8-6-14(18)7-9-16/h6-9,15,19H,4-5,10-13H2,1-3H3. The van der Waals surface area contributed by atoms with E-state index in [0.29, 0.717) is 6.04 Å². The fraction of sp³-hybridized carbons (Fsp3) is 0.647. The van der Waals surface area contributed by atoms with Gasteiger partial charge in [0.1, 0.15) is 12.4 Å².